The van der Waals surface area contributed by atoms with Crippen LogP contribution >= 0.6 is 0 Å². The summed E-state index contributed by atoms with van der Waals surface area (Å²) in [6.07, 6.45) is 2.38. The highest BCUT2D eigenvalue weighted by molar-refractivity contribution is 5.24. The Balaban J connectivity index is 2.65. The van der Waals surface area contributed by atoms with Crippen LogP contribution in [0.4, 0.5) is 0 Å². The van der Waals surface area contributed by atoms with Crippen LogP contribution in [0.2, 0.25) is 0 Å². The molecule has 1 heterocycles. The molecule has 1 N–H and O–H groups in total. The minimum absolute atomic E-state index is 0.737. The minimum Gasteiger partial charge on any atom is -0.313 e. The molecule has 0 radical (unpaired) electrons. The van der Waals surface area contributed by atoms with Gasteiger partial charge in [-0.05, 0) is 39.2 Å². The van der Waals surface area contributed by atoms with Gasteiger partial charge in [0.05, 0.1) is 5.69 Å². The molecule has 0 unspecified atom stereocenters. The van der Waals surface area contributed by atoms with Crippen molar-refractivity contribution in [1.29, 1.82) is 0 Å². The summed E-state index contributed by atoms with van der Waals surface area (Å²) in [6, 6.07) is 0. The smallest absolute Gasteiger partial charge is 0.0641 e. The molecule has 98 valence electrons. The van der Waals surface area contributed by atoms with Gasteiger partial charge in [-0.3, -0.25) is 4.68 Å². The van der Waals surface area contributed by atoms with E-state index >= 15 is 0 Å². The van der Waals surface area contributed by atoms with Crippen LogP contribution in [-0.2, 0) is 13.1 Å². The van der Waals surface area contributed by atoms with Gasteiger partial charge >= 0.3 is 0 Å². The predicted octanol–water partition coefficient (Wildman–Crippen LogP) is 3.05. The van der Waals surface area contributed by atoms with Crippen molar-refractivity contribution >= 4 is 0 Å². The molecule has 3 nitrogen and oxygen atoms in total. The van der Waals surface area contributed by atoms with Gasteiger partial charge in [-0.2, -0.15) is 5.10 Å². The van der Waals surface area contributed by atoms with Crippen LogP contribution in [0.15, 0.2) is 0 Å². The summed E-state index contributed by atoms with van der Waals surface area (Å²) >= 11 is 0. The lowest BCUT2D eigenvalue weighted by Gasteiger charge is -2.08. The number of nitrogens with one attached hydrogen (secondary N) is 1. The van der Waals surface area contributed by atoms with Crippen molar-refractivity contribution in [2.24, 2.45) is 5.92 Å². The van der Waals surface area contributed by atoms with E-state index in [-0.39, 0.29) is 0 Å². The summed E-state index contributed by atoms with van der Waals surface area (Å²) in [7, 11) is 0. The third-order valence-corrected chi connectivity index (χ3v) is 3.18. The molecule has 1 rings (SSSR count). The Morgan fingerprint density at radius 1 is 1.29 bits per heavy atom. The molecule has 0 aliphatic carbocycles. The third kappa shape index (κ3) is 4.15. The second-order valence-electron chi connectivity index (χ2n) is 5.23. The lowest BCUT2D eigenvalue weighted by Crippen LogP contribution is -2.15. The largest absolute Gasteiger partial charge is 0.313 e. The third-order valence-electron chi connectivity index (χ3n) is 3.18. The van der Waals surface area contributed by atoms with Crippen LogP contribution in [0, 0.1) is 19.8 Å². The van der Waals surface area contributed by atoms with E-state index in [1.165, 1.54) is 29.8 Å². The first-order valence-corrected chi connectivity index (χ1v) is 6.79. The summed E-state index contributed by atoms with van der Waals surface area (Å²) < 4.78 is 2.16. The van der Waals surface area contributed by atoms with E-state index in [9.17, 15) is 0 Å². The Bertz CT molecular complexity index is 339. The molecule has 0 fully saturated rings. The van der Waals surface area contributed by atoms with Crippen molar-refractivity contribution < 1.29 is 0 Å². The molecule has 1 aromatic rings. The van der Waals surface area contributed by atoms with E-state index < -0.39 is 0 Å². The molecule has 1 aromatic heterocycles. The van der Waals surface area contributed by atoms with Crippen molar-refractivity contribution in [3.8, 4) is 0 Å². The Labute approximate surface area is 106 Å². The standard InChI is InChI=1S/C14H27N3/c1-6-8-15-10-14-12(4)16-17(13(14)5)9-7-11(2)3/h11,15H,6-10H2,1-5H3. The SMILES string of the molecule is CCCNCc1c(C)nn(CCC(C)C)c1C. The molecule has 0 atom stereocenters. The maximum atomic E-state index is 4.64. The van der Waals surface area contributed by atoms with Gasteiger partial charge in [0.2, 0.25) is 0 Å². The highest BCUT2D eigenvalue weighted by atomic mass is 15.3. The summed E-state index contributed by atoms with van der Waals surface area (Å²) in [5, 5.41) is 8.10. The summed E-state index contributed by atoms with van der Waals surface area (Å²) in [6.45, 7) is 14.1. The Morgan fingerprint density at radius 2 is 2.00 bits per heavy atom. The zero-order chi connectivity index (χ0) is 12.8. The van der Waals surface area contributed by atoms with Crippen LogP contribution in [0.1, 0.15) is 50.6 Å². The quantitative estimate of drug-likeness (QED) is 0.739. The molecular formula is C14H27N3. The molecular weight excluding hydrogens is 210 g/mol. The van der Waals surface area contributed by atoms with Crippen molar-refractivity contribution in [1.82, 2.24) is 15.1 Å². The van der Waals surface area contributed by atoms with Gasteiger partial charge in [0.1, 0.15) is 0 Å². The van der Waals surface area contributed by atoms with Gasteiger partial charge in [0.25, 0.3) is 0 Å². The van der Waals surface area contributed by atoms with E-state index in [1.54, 1.807) is 0 Å². The predicted molar refractivity (Wildman–Crippen MR) is 73.2 cm³/mol. The average molecular weight is 237 g/mol. The summed E-state index contributed by atoms with van der Waals surface area (Å²) in [5.41, 5.74) is 3.88. The normalized spacial score (nSPS) is 11.4. The van der Waals surface area contributed by atoms with Crippen molar-refractivity contribution in [2.45, 2.75) is 60.5 Å². The van der Waals surface area contributed by atoms with E-state index in [0.717, 1.165) is 25.6 Å². The minimum atomic E-state index is 0.737. The maximum Gasteiger partial charge on any atom is 0.0641 e. The van der Waals surface area contributed by atoms with Gasteiger partial charge < -0.3 is 5.32 Å². The second-order valence-corrected chi connectivity index (χ2v) is 5.23. The summed E-state index contributed by atoms with van der Waals surface area (Å²) in [5.74, 6) is 0.737. The highest BCUT2D eigenvalue weighted by Gasteiger charge is 2.10. The number of aryl methyl sites for hydroxylation is 2. The fraction of sp³-hybridized carbons (Fsp3) is 0.786. The first kappa shape index (κ1) is 14.2. The molecule has 0 spiro atoms. The maximum absolute atomic E-state index is 4.64. The Morgan fingerprint density at radius 3 is 2.59 bits per heavy atom. The van der Waals surface area contributed by atoms with Crippen molar-refractivity contribution in [2.75, 3.05) is 6.54 Å². The molecule has 0 aromatic carbocycles. The van der Waals surface area contributed by atoms with Crippen molar-refractivity contribution in [3.05, 3.63) is 17.0 Å². The highest BCUT2D eigenvalue weighted by Crippen LogP contribution is 2.14. The molecule has 0 saturated carbocycles. The molecule has 0 bridgehead atoms. The number of hydrogen-bond acceptors (Lipinski definition) is 2. The van der Waals surface area contributed by atoms with Gasteiger partial charge in [-0.15, -0.1) is 0 Å². The van der Waals surface area contributed by atoms with Gasteiger partial charge in [-0.1, -0.05) is 20.8 Å². The average Bonchev–Trinajstić information content (AvgIpc) is 2.53. The van der Waals surface area contributed by atoms with E-state index in [4.69, 9.17) is 0 Å². The van der Waals surface area contributed by atoms with Gasteiger partial charge in [0.15, 0.2) is 0 Å². The van der Waals surface area contributed by atoms with Gasteiger partial charge in [0, 0.05) is 24.3 Å². The zero-order valence-corrected chi connectivity index (χ0v) is 12.0. The second kappa shape index (κ2) is 6.80. The van der Waals surface area contributed by atoms with Crippen LogP contribution < -0.4 is 5.32 Å². The monoisotopic (exact) mass is 237 g/mol. The lowest BCUT2D eigenvalue weighted by atomic mass is 10.1. The number of aromatic nitrogens is 2. The number of nitrogens with zero attached hydrogens (tertiary/aromatic N) is 2. The van der Waals surface area contributed by atoms with Crippen LogP contribution in [0.25, 0.3) is 0 Å². The molecule has 0 amide bonds. The number of hydrogen-bond donors (Lipinski definition) is 1. The zero-order valence-electron chi connectivity index (χ0n) is 12.0. The van der Waals surface area contributed by atoms with E-state index in [0.29, 0.717) is 0 Å². The lowest BCUT2D eigenvalue weighted by molar-refractivity contribution is 0.478. The molecule has 0 saturated heterocycles. The van der Waals surface area contributed by atoms with Crippen molar-refractivity contribution in [3.63, 3.8) is 0 Å². The molecule has 3 heteroatoms. The first-order valence-electron chi connectivity index (χ1n) is 6.79. The first-order chi connectivity index (χ1) is 8.06. The Hall–Kier alpha value is -0.830. The summed E-state index contributed by atoms with van der Waals surface area (Å²) in [4.78, 5) is 0. The topological polar surface area (TPSA) is 29.9 Å². The Kier molecular flexibility index (Phi) is 5.69. The van der Waals surface area contributed by atoms with E-state index in [2.05, 4.69) is 49.7 Å². The molecule has 0 aliphatic heterocycles. The molecule has 0 aliphatic rings. The molecule has 17 heavy (non-hydrogen) atoms. The van der Waals surface area contributed by atoms with Crippen LogP contribution in [0.3, 0.4) is 0 Å². The van der Waals surface area contributed by atoms with Crippen LogP contribution in [-0.4, -0.2) is 16.3 Å². The van der Waals surface area contributed by atoms with Gasteiger partial charge in [-0.25, -0.2) is 0 Å². The van der Waals surface area contributed by atoms with E-state index in [1.807, 2.05) is 0 Å². The number of rotatable bonds is 7. The fourth-order valence-electron chi connectivity index (χ4n) is 1.98. The fourth-order valence-corrected chi connectivity index (χ4v) is 1.98. The van der Waals surface area contributed by atoms with Crippen LogP contribution in [0.5, 0.6) is 0 Å².